The second-order valence-corrected chi connectivity index (χ2v) is 10.5. The Morgan fingerprint density at radius 2 is 1.68 bits per heavy atom. The summed E-state index contributed by atoms with van der Waals surface area (Å²) in [5, 5.41) is 5.61. The largest absolute Gasteiger partial charge is 0.491 e. The molecular weight excluding hydrogens is 474 g/mol. The van der Waals surface area contributed by atoms with Gasteiger partial charge in [0, 0.05) is 39.3 Å². The number of carbonyl (C=O) groups is 4. The minimum Gasteiger partial charge on any atom is -0.491 e. The summed E-state index contributed by atoms with van der Waals surface area (Å²) < 4.78 is 5.86. The molecule has 0 bridgehead atoms. The van der Waals surface area contributed by atoms with E-state index in [-0.39, 0.29) is 36.3 Å². The van der Waals surface area contributed by atoms with Gasteiger partial charge in [0.1, 0.15) is 24.4 Å². The summed E-state index contributed by atoms with van der Waals surface area (Å²) in [4.78, 5) is 58.6. The Morgan fingerprint density at radius 3 is 2.32 bits per heavy atom. The maximum atomic E-state index is 13.6. The van der Waals surface area contributed by atoms with E-state index in [4.69, 9.17) is 4.74 Å². The predicted octanol–water partition coefficient (Wildman–Crippen LogP) is 1.11. The minimum atomic E-state index is -1.07. The van der Waals surface area contributed by atoms with Crippen LogP contribution in [0.25, 0.3) is 0 Å². The third-order valence-corrected chi connectivity index (χ3v) is 6.88. The van der Waals surface area contributed by atoms with Gasteiger partial charge in [-0.3, -0.25) is 24.1 Å². The topological polar surface area (TPSA) is 111 Å². The fraction of sp³-hybridized carbons (Fsp3) is 0.630. The number of likely N-dealkylation sites (N-methyl/N-ethyl adjacent to an activating group) is 1. The standard InChI is InChI=1S/C27H41N5O5/c1-18(2)16-21-26(35)30(5)14-15-37-23-9-7-6-8-20(23)25(34)29-22(17-24(33)28-21)27(36)32-12-10-31(11-13-32)19(3)4/h6-9,18-19,21-22H,10-17H2,1-5H3,(H,28,33)(H,29,34)/t21-,22-/m0/s1. The zero-order valence-electron chi connectivity index (χ0n) is 22.7. The maximum Gasteiger partial charge on any atom is 0.255 e. The third kappa shape index (κ3) is 7.67. The number of nitrogens with one attached hydrogen (secondary N) is 2. The molecule has 1 aromatic rings. The van der Waals surface area contributed by atoms with Crippen molar-refractivity contribution in [2.24, 2.45) is 5.92 Å². The summed E-state index contributed by atoms with van der Waals surface area (Å²) in [6, 6.07) is 5.35. The van der Waals surface area contributed by atoms with Crippen LogP contribution in [0.3, 0.4) is 0 Å². The molecule has 0 unspecified atom stereocenters. The molecule has 3 rings (SSSR count). The zero-order chi connectivity index (χ0) is 27.1. The van der Waals surface area contributed by atoms with Crippen molar-refractivity contribution in [3.8, 4) is 5.75 Å². The monoisotopic (exact) mass is 515 g/mol. The quantitative estimate of drug-likeness (QED) is 0.622. The Kier molecular flexibility index (Phi) is 9.91. The molecule has 0 saturated carbocycles. The van der Waals surface area contributed by atoms with Crippen LogP contribution in [0.4, 0.5) is 0 Å². The summed E-state index contributed by atoms with van der Waals surface area (Å²) in [5.41, 5.74) is 0.272. The summed E-state index contributed by atoms with van der Waals surface area (Å²) in [6.45, 7) is 11.2. The van der Waals surface area contributed by atoms with Crippen LogP contribution in [0.2, 0.25) is 0 Å². The molecule has 0 aromatic heterocycles. The summed E-state index contributed by atoms with van der Waals surface area (Å²) >= 11 is 0. The lowest BCUT2D eigenvalue weighted by atomic mass is 10.0. The van der Waals surface area contributed by atoms with Crippen LogP contribution in [0, 0.1) is 5.92 Å². The van der Waals surface area contributed by atoms with Crippen LogP contribution >= 0.6 is 0 Å². The molecule has 37 heavy (non-hydrogen) atoms. The number of nitrogens with zero attached hydrogens (tertiary/aromatic N) is 3. The van der Waals surface area contributed by atoms with Gasteiger partial charge in [0.15, 0.2) is 0 Å². The highest BCUT2D eigenvalue weighted by atomic mass is 16.5. The minimum absolute atomic E-state index is 0.166. The number of hydrogen-bond donors (Lipinski definition) is 2. The average Bonchev–Trinajstić information content (AvgIpc) is 2.86. The molecule has 1 fully saturated rings. The highest BCUT2D eigenvalue weighted by Crippen LogP contribution is 2.19. The van der Waals surface area contributed by atoms with Crippen molar-refractivity contribution in [1.29, 1.82) is 0 Å². The molecule has 1 saturated heterocycles. The van der Waals surface area contributed by atoms with E-state index in [0.29, 0.717) is 37.8 Å². The number of ether oxygens (including phenoxy) is 1. The number of piperazine rings is 1. The molecule has 0 spiro atoms. The first-order chi connectivity index (χ1) is 17.6. The van der Waals surface area contributed by atoms with E-state index in [2.05, 4.69) is 29.4 Å². The molecule has 10 nitrogen and oxygen atoms in total. The second kappa shape index (κ2) is 12.9. The number of hydrogen-bond acceptors (Lipinski definition) is 6. The van der Waals surface area contributed by atoms with Gasteiger partial charge < -0.3 is 25.2 Å². The van der Waals surface area contributed by atoms with Gasteiger partial charge in [-0.2, -0.15) is 0 Å². The van der Waals surface area contributed by atoms with Crippen LogP contribution in [-0.4, -0.2) is 103 Å². The lowest BCUT2D eigenvalue weighted by Crippen LogP contribution is -2.57. The van der Waals surface area contributed by atoms with Crippen molar-refractivity contribution >= 4 is 23.6 Å². The van der Waals surface area contributed by atoms with Gasteiger partial charge in [-0.15, -0.1) is 0 Å². The van der Waals surface area contributed by atoms with Crippen molar-refractivity contribution in [2.75, 3.05) is 46.4 Å². The fourth-order valence-electron chi connectivity index (χ4n) is 4.70. The van der Waals surface area contributed by atoms with Crippen molar-refractivity contribution in [2.45, 2.75) is 58.7 Å². The van der Waals surface area contributed by atoms with Gasteiger partial charge in [-0.1, -0.05) is 26.0 Å². The maximum absolute atomic E-state index is 13.6. The van der Waals surface area contributed by atoms with E-state index in [9.17, 15) is 19.2 Å². The molecule has 204 valence electrons. The lowest BCUT2D eigenvalue weighted by Gasteiger charge is -2.38. The first-order valence-corrected chi connectivity index (χ1v) is 13.2. The lowest BCUT2D eigenvalue weighted by molar-refractivity contribution is -0.139. The van der Waals surface area contributed by atoms with E-state index in [1.165, 1.54) is 4.90 Å². The van der Waals surface area contributed by atoms with Gasteiger partial charge in [-0.25, -0.2) is 0 Å². The number of para-hydroxylation sites is 1. The Morgan fingerprint density at radius 1 is 1.00 bits per heavy atom. The summed E-state index contributed by atoms with van der Waals surface area (Å²) in [7, 11) is 1.67. The van der Waals surface area contributed by atoms with Crippen molar-refractivity contribution in [3.05, 3.63) is 29.8 Å². The van der Waals surface area contributed by atoms with Crippen molar-refractivity contribution < 1.29 is 23.9 Å². The molecule has 2 aliphatic heterocycles. The molecule has 0 aliphatic carbocycles. The van der Waals surface area contributed by atoms with E-state index < -0.39 is 23.9 Å². The molecule has 2 atom stereocenters. The van der Waals surface area contributed by atoms with Crippen LogP contribution in [0.15, 0.2) is 24.3 Å². The van der Waals surface area contributed by atoms with Gasteiger partial charge in [0.25, 0.3) is 5.91 Å². The number of amides is 4. The van der Waals surface area contributed by atoms with E-state index >= 15 is 0 Å². The SMILES string of the molecule is CC(C)C[C@@H]1NC(=O)C[C@@H](C(=O)N2CCN(C(C)C)CC2)NC(=O)c2ccccc2OCCN(C)C1=O. The Hall–Kier alpha value is -3.14. The summed E-state index contributed by atoms with van der Waals surface area (Å²) in [5.74, 6) is -0.929. The highest BCUT2D eigenvalue weighted by Gasteiger charge is 2.33. The van der Waals surface area contributed by atoms with Gasteiger partial charge in [-0.05, 0) is 38.3 Å². The number of benzene rings is 1. The number of fused-ring (bicyclic) bond motifs is 1. The fourth-order valence-corrected chi connectivity index (χ4v) is 4.70. The second-order valence-electron chi connectivity index (χ2n) is 10.5. The molecular formula is C27H41N5O5. The molecule has 4 amide bonds. The first-order valence-electron chi connectivity index (χ1n) is 13.2. The molecule has 2 aliphatic rings. The molecule has 2 N–H and O–H groups in total. The number of rotatable bonds is 4. The number of carbonyl (C=O) groups excluding carboxylic acids is 4. The Bertz CT molecular complexity index is 974. The van der Waals surface area contributed by atoms with Crippen LogP contribution in [-0.2, 0) is 14.4 Å². The zero-order valence-corrected chi connectivity index (χ0v) is 22.7. The van der Waals surface area contributed by atoms with E-state index in [1.807, 2.05) is 13.8 Å². The predicted molar refractivity (Wildman–Crippen MR) is 140 cm³/mol. The van der Waals surface area contributed by atoms with Gasteiger partial charge >= 0.3 is 0 Å². The van der Waals surface area contributed by atoms with Crippen LogP contribution in [0.5, 0.6) is 5.75 Å². The normalized spacial score (nSPS) is 22.7. The van der Waals surface area contributed by atoms with Gasteiger partial charge in [0.05, 0.1) is 18.5 Å². The Labute approximate surface area is 219 Å². The van der Waals surface area contributed by atoms with Gasteiger partial charge in [0.2, 0.25) is 17.7 Å². The van der Waals surface area contributed by atoms with Crippen LogP contribution in [0.1, 0.15) is 50.9 Å². The Balaban J connectivity index is 1.88. The van der Waals surface area contributed by atoms with E-state index in [1.54, 1.807) is 36.2 Å². The first kappa shape index (κ1) is 28.4. The smallest absolute Gasteiger partial charge is 0.255 e. The molecule has 2 heterocycles. The average molecular weight is 516 g/mol. The van der Waals surface area contributed by atoms with E-state index in [0.717, 1.165) is 13.1 Å². The highest BCUT2D eigenvalue weighted by molar-refractivity contribution is 6.01. The third-order valence-electron chi connectivity index (χ3n) is 6.88. The van der Waals surface area contributed by atoms with Crippen molar-refractivity contribution in [3.63, 3.8) is 0 Å². The molecule has 10 heteroatoms. The summed E-state index contributed by atoms with van der Waals surface area (Å²) in [6.07, 6.45) is 0.199. The molecule has 0 radical (unpaired) electrons. The molecule has 1 aromatic carbocycles. The van der Waals surface area contributed by atoms with Crippen LogP contribution < -0.4 is 15.4 Å². The van der Waals surface area contributed by atoms with Crippen molar-refractivity contribution in [1.82, 2.24) is 25.3 Å².